The molecule has 0 aromatic rings. The Balaban J connectivity index is 1.57. The average molecular weight is 261 g/mol. The highest BCUT2D eigenvalue weighted by molar-refractivity contribution is 5.13. The molecule has 0 heterocycles. The van der Waals surface area contributed by atoms with Gasteiger partial charge >= 0.3 is 0 Å². The number of rotatable bonds is 5. The van der Waals surface area contributed by atoms with Crippen LogP contribution in [0.2, 0.25) is 0 Å². The Morgan fingerprint density at radius 1 is 1.37 bits per heavy atom. The van der Waals surface area contributed by atoms with Crippen LogP contribution in [0.25, 0.3) is 0 Å². The van der Waals surface area contributed by atoms with Crippen LogP contribution in [0, 0.1) is 23.2 Å². The summed E-state index contributed by atoms with van der Waals surface area (Å²) in [6, 6.07) is 3.85. The molecule has 0 radical (unpaired) electrons. The van der Waals surface area contributed by atoms with E-state index in [0.29, 0.717) is 12.1 Å². The second-order valence-electron chi connectivity index (χ2n) is 7.28. The first-order valence-corrected chi connectivity index (χ1v) is 8.01. The number of hydrogen-bond acceptors (Lipinski definition) is 3. The van der Waals surface area contributed by atoms with E-state index in [0.717, 1.165) is 24.7 Å². The summed E-state index contributed by atoms with van der Waals surface area (Å²) in [6.45, 7) is 3.59. The molecule has 3 fully saturated rings. The van der Waals surface area contributed by atoms with Gasteiger partial charge in [-0.15, -0.1) is 0 Å². The van der Waals surface area contributed by atoms with Gasteiger partial charge in [0.2, 0.25) is 0 Å². The second-order valence-corrected chi connectivity index (χ2v) is 7.28. The predicted octanol–water partition coefficient (Wildman–Crippen LogP) is 2.53. The lowest BCUT2D eigenvalue weighted by atomic mass is 9.79. The van der Waals surface area contributed by atoms with Crippen LogP contribution in [-0.2, 0) is 0 Å². The van der Waals surface area contributed by atoms with E-state index in [9.17, 15) is 5.26 Å². The van der Waals surface area contributed by atoms with Crippen molar-refractivity contribution in [3.8, 4) is 6.07 Å². The predicted molar refractivity (Wildman–Crippen MR) is 76.7 cm³/mol. The first-order valence-electron chi connectivity index (χ1n) is 8.01. The lowest BCUT2D eigenvalue weighted by molar-refractivity contribution is 0.138. The molecule has 0 aromatic carbocycles. The third-order valence-electron chi connectivity index (χ3n) is 5.42. The summed E-state index contributed by atoms with van der Waals surface area (Å²) in [4.78, 5) is 2.54. The summed E-state index contributed by atoms with van der Waals surface area (Å²) in [5.74, 6) is 1.84. The van der Waals surface area contributed by atoms with E-state index in [1.807, 2.05) is 0 Å². The van der Waals surface area contributed by atoms with Gasteiger partial charge in [0.15, 0.2) is 0 Å². The number of nitriles is 1. The van der Waals surface area contributed by atoms with Gasteiger partial charge in [-0.05, 0) is 63.8 Å². The minimum Gasteiger partial charge on any atom is -0.303 e. The molecule has 4 unspecified atom stereocenters. The zero-order chi connectivity index (χ0) is 13.5. The summed E-state index contributed by atoms with van der Waals surface area (Å²) in [6.07, 6.45) is 8.48. The molecule has 3 nitrogen and oxygen atoms in total. The fraction of sp³-hybridized carbons (Fsp3) is 0.938. The molecule has 0 saturated heterocycles. The van der Waals surface area contributed by atoms with E-state index in [1.54, 1.807) is 0 Å². The molecular formula is C16H27N3. The standard InChI is InChI=1S/C16H27N3/c1-12-8-13(12)10-19(2)15-4-3-7-16(9-15,11-17)18-14-5-6-14/h12-15,18H,3-10H2,1-2H3. The zero-order valence-electron chi connectivity index (χ0n) is 12.4. The first-order chi connectivity index (χ1) is 9.12. The third kappa shape index (κ3) is 3.12. The van der Waals surface area contributed by atoms with E-state index < -0.39 is 0 Å². The van der Waals surface area contributed by atoms with Crippen molar-refractivity contribution >= 4 is 0 Å². The van der Waals surface area contributed by atoms with Gasteiger partial charge in [-0.1, -0.05) is 6.92 Å². The molecule has 0 aliphatic heterocycles. The smallest absolute Gasteiger partial charge is 0.108 e. The van der Waals surface area contributed by atoms with Crippen LogP contribution in [0.1, 0.15) is 51.9 Å². The van der Waals surface area contributed by atoms with Gasteiger partial charge in [0.05, 0.1) is 6.07 Å². The van der Waals surface area contributed by atoms with Crippen molar-refractivity contribution in [1.29, 1.82) is 5.26 Å². The van der Waals surface area contributed by atoms with Gasteiger partial charge < -0.3 is 4.90 Å². The van der Waals surface area contributed by atoms with Crippen molar-refractivity contribution in [3.05, 3.63) is 0 Å². The Labute approximate surface area is 117 Å². The van der Waals surface area contributed by atoms with Crippen LogP contribution in [-0.4, -0.2) is 36.1 Å². The van der Waals surface area contributed by atoms with Gasteiger partial charge in [-0.25, -0.2) is 0 Å². The van der Waals surface area contributed by atoms with Crippen LogP contribution in [0.15, 0.2) is 0 Å². The maximum atomic E-state index is 9.62. The summed E-state index contributed by atoms with van der Waals surface area (Å²) in [5.41, 5.74) is -0.229. The first kappa shape index (κ1) is 13.4. The molecule has 3 heteroatoms. The molecule has 0 spiro atoms. The zero-order valence-corrected chi connectivity index (χ0v) is 12.4. The minimum atomic E-state index is -0.229. The Morgan fingerprint density at radius 2 is 2.11 bits per heavy atom. The van der Waals surface area contributed by atoms with Crippen LogP contribution in [0.3, 0.4) is 0 Å². The molecule has 106 valence electrons. The molecule has 3 aliphatic carbocycles. The SMILES string of the molecule is CC1CC1CN(C)C1CCCC(C#N)(NC2CC2)C1. The largest absolute Gasteiger partial charge is 0.303 e. The van der Waals surface area contributed by atoms with E-state index in [4.69, 9.17) is 0 Å². The minimum absolute atomic E-state index is 0.229. The van der Waals surface area contributed by atoms with Gasteiger partial charge in [0.1, 0.15) is 5.54 Å². The topological polar surface area (TPSA) is 39.1 Å². The van der Waals surface area contributed by atoms with Crippen molar-refractivity contribution in [1.82, 2.24) is 10.2 Å². The fourth-order valence-electron chi connectivity index (χ4n) is 3.68. The van der Waals surface area contributed by atoms with Crippen molar-refractivity contribution in [2.45, 2.75) is 69.5 Å². The van der Waals surface area contributed by atoms with Crippen molar-refractivity contribution in [3.63, 3.8) is 0 Å². The van der Waals surface area contributed by atoms with Crippen LogP contribution in [0.4, 0.5) is 0 Å². The monoisotopic (exact) mass is 261 g/mol. The molecular weight excluding hydrogens is 234 g/mol. The normalized spacial score (nSPS) is 42.1. The highest BCUT2D eigenvalue weighted by Crippen LogP contribution is 2.40. The number of hydrogen-bond donors (Lipinski definition) is 1. The second kappa shape index (κ2) is 5.07. The summed E-state index contributed by atoms with van der Waals surface area (Å²) in [5, 5.41) is 13.3. The lowest BCUT2D eigenvalue weighted by Crippen LogP contribution is -2.53. The maximum Gasteiger partial charge on any atom is 0.108 e. The molecule has 3 saturated carbocycles. The summed E-state index contributed by atoms with van der Waals surface area (Å²) < 4.78 is 0. The maximum absolute atomic E-state index is 9.62. The molecule has 4 atom stereocenters. The molecule has 3 aliphatic rings. The van der Waals surface area contributed by atoms with Gasteiger partial charge in [-0.2, -0.15) is 5.26 Å². The highest BCUT2D eigenvalue weighted by Gasteiger charge is 2.42. The average Bonchev–Trinajstić information content (AvgIpc) is 3.31. The quantitative estimate of drug-likeness (QED) is 0.826. The molecule has 3 rings (SSSR count). The van der Waals surface area contributed by atoms with Gasteiger partial charge in [0, 0.05) is 18.6 Å². The van der Waals surface area contributed by atoms with Gasteiger partial charge in [-0.3, -0.25) is 5.32 Å². The van der Waals surface area contributed by atoms with E-state index in [1.165, 1.54) is 38.6 Å². The van der Waals surface area contributed by atoms with Crippen molar-refractivity contribution in [2.24, 2.45) is 11.8 Å². The lowest BCUT2D eigenvalue weighted by Gasteiger charge is -2.40. The van der Waals surface area contributed by atoms with E-state index in [-0.39, 0.29) is 5.54 Å². The molecule has 1 N–H and O–H groups in total. The number of nitrogens with one attached hydrogen (secondary N) is 1. The van der Waals surface area contributed by atoms with Crippen LogP contribution >= 0.6 is 0 Å². The fourth-order valence-corrected chi connectivity index (χ4v) is 3.68. The van der Waals surface area contributed by atoms with Crippen molar-refractivity contribution < 1.29 is 0 Å². The number of nitrogens with zero attached hydrogens (tertiary/aromatic N) is 2. The van der Waals surface area contributed by atoms with E-state index in [2.05, 4.69) is 30.3 Å². The summed E-state index contributed by atoms with van der Waals surface area (Å²) >= 11 is 0. The molecule has 0 amide bonds. The Bertz CT molecular complexity index is 371. The highest BCUT2D eigenvalue weighted by atomic mass is 15.2. The molecule has 0 bridgehead atoms. The van der Waals surface area contributed by atoms with Crippen LogP contribution < -0.4 is 5.32 Å². The van der Waals surface area contributed by atoms with Gasteiger partial charge in [0.25, 0.3) is 0 Å². The van der Waals surface area contributed by atoms with Crippen LogP contribution in [0.5, 0.6) is 0 Å². The van der Waals surface area contributed by atoms with E-state index >= 15 is 0 Å². The Morgan fingerprint density at radius 3 is 2.68 bits per heavy atom. The Hall–Kier alpha value is -0.590. The summed E-state index contributed by atoms with van der Waals surface area (Å²) in [7, 11) is 2.26. The third-order valence-corrected chi connectivity index (χ3v) is 5.42. The molecule has 0 aromatic heterocycles. The Kier molecular flexibility index (Phi) is 3.57. The van der Waals surface area contributed by atoms with Crippen molar-refractivity contribution in [2.75, 3.05) is 13.6 Å². The molecule has 19 heavy (non-hydrogen) atoms.